The van der Waals surface area contributed by atoms with Crippen LogP contribution in [-0.4, -0.2) is 259 Å². The number of hydrogen-bond acceptors (Lipinski definition) is 25. The number of nitrogens with two attached hydrogens (primary N) is 5. The van der Waals surface area contributed by atoms with Crippen LogP contribution in [0.2, 0.25) is 0 Å². The Morgan fingerprint density at radius 1 is 0.594 bits per heavy atom. The molecule has 15 amide bonds. The van der Waals surface area contributed by atoms with Crippen molar-refractivity contribution in [3.8, 4) is 5.75 Å². The number of primary amides is 2. The van der Waals surface area contributed by atoms with E-state index in [1.54, 1.807) is 0 Å². The van der Waals surface area contributed by atoms with Gasteiger partial charge in [0.15, 0.2) is 5.96 Å². The Bertz CT molecular complexity index is 3280. The molecule has 12 atom stereocenters. The molecule has 1 aromatic heterocycles. The molecule has 44 heteroatoms. The maximum atomic E-state index is 14.5. The third-order valence-electron chi connectivity index (χ3n) is 14.8. The fourth-order valence-corrected chi connectivity index (χ4v) is 10.5. The number of nitrogens with one attached hydrogen (secondary N) is 13. The molecule has 1 fully saturated rings. The number of rotatable bonds is 44. The average Bonchev–Trinajstić information content (AvgIpc) is 1.73. The van der Waals surface area contributed by atoms with Crippen molar-refractivity contribution >= 4 is 151 Å². The number of aliphatic hydroxyl groups is 1. The number of aromatic nitrogens is 2. The summed E-state index contributed by atoms with van der Waals surface area (Å²) in [4.78, 5) is 224. The van der Waals surface area contributed by atoms with Gasteiger partial charge in [-0.25, -0.2) is 9.78 Å². The average molecular weight is 1500 g/mol. The van der Waals surface area contributed by atoms with Crippen LogP contribution < -0.4 is 92.5 Å². The van der Waals surface area contributed by atoms with Gasteiger partial charge >= 0.3 is 5.97 Å². The van der Waals surface area contributed by atoms with E-state index in [4.69, 9.17) is 28.7 Å². The third-order valence-corrected chi connectivity index (χ3v) is 16.3. The van der Waals surface area contributed by atoms with Gasteiger partial charge in [0.25, 0.3) is 0 Å². The van der Waals surface area contributed by atoms with Crippen molar-refractivity contribution in [2.75, 3.05) is 55.8 Å². The number of carbonyl (C=O) groups excluding carboxylic acids is 15. The molecular formula is C57H87N21O19S4. The number of carboxylic acid groups (broad SMARTS) is 1. The number of nitrogens with zero attached hydrogens (tertiary/aromatic N) is 3. The molecule has 1 saturated heterocycles. The molecule has 0 unspecified atom stereocenters. The number of carboxylic acids is 1. The first kappa shape index (κ1) is 85.6. The minimum Gasteiger partial charge on any atom is -0.508 e. The summed E-state index contributed by atoms with van der Waals surface area (Å²) in [5, 5.41) is 57.4. The van der Waals surface area contributed by atoms with Crippen molar-refractivity contribution in [2.45, 2.75) is 137 Å². The van der Waals surface area contributed by atoms with Crippen molar-refractivity contribution in [3.63, 3.8) is 0 Å². The summed E-state index contributed by atoms with van der Waals surface area (Å²) in [6, 6.07) is -13.0. The van der Waals surface area contributed by atoms with Crippen LogP contribution in [0.25, 0.3) is 0 Å². The van der Waals surface area contributed by atoms with Crippen LogP contribution in [0.1, 0.15) is 63.1 Å². The summed E-state index contributed by atoms with van der Waals surface area (Å²) >= 11 is 16.4. The van der Waals surface area contributed by atoms with Crippen molar-refractivity contribution in [1.82, 2.24) is 78.7 Å². The lowest BCUT2D eigenvalue weighted by molar-refractivity contribution is -0.142. The molecule has 40 nitrogen and oxygen atoms in total. The van der Waals surface area contributed by atoms with Crippen LogP contribution in [0.3, 0.4) is 0 Å². The highest BCUT2D eigenvalue weighted by atomic mass is 32.1. The number of phenols is 1. The van der Waals surface area contributed by atoms with E-state index in [0.29, 0.717) is 5.69 Å². The number of imidazole rings is 1. The maximum Gasteiger partial charge on any atom is 0.327 e. The lowest BCUT2D eigenvalue weighted by atomic mass is 10.0. The van der Waals surface area contributed by atoms with E-state index in [-0.39, 0.29) is 79.7 Å². The van der Waals surface area contributed by atoms with Crippen molar-refractivity contribution < 1.29 is 92.0 Å². The molecule has 26 N–H and O–H groups in total. The molecule has 2 aromatic rings. The zero-order valence-corrected chi connectivity index (χ0v) is 58.1. The van der Waals surface area contributed by atoms with Crippen LogP contribution in [0.15, 0.2) is 41.8 Å². The second kappa shape index (κ2) is 43.8. The van der Waals surface area contributed by atoms with Crippen LogP contribution in [0.4, 0.5) is 0 Å². The third kappa shape index (κ3) is 29.6. The number of aliphatic imine (C=N–C) groups is 1. The summed E-state index contributed by atoms with van der Waals surface area (Å²) in [7, 11) is 0. The van der Waals surface area contributed by atoms with Gasteiger partial charge in [0.1, 0.15) is 78.3 Å². The first-order chi connectivity index (χ1) is 47.8. The molecule has 101 heavy (non-hydrogen) atoms. The Hall–Kier alpha value is -9.66. The van der Waals surface area contributed by atoms with Gasteiger partial charge in [-0.15, -0.1) is 0 Å². The Labute approximate surface area is 599 Å². The highest BCUT2D eigenvalue weighted by Crippen LogP contribution is 2.21. The van der Waals surface area contributed by atoms with Gasteiger partial charge in [0.05, 0.1) is 32.4 Å². The maximum absolute atomic E-state index is 14.5. The minimum absolute atomic E-state index is 0.00596. The summed E-state index contributed by atoms with van der Waals surface area (Å²) in [6.07, 6.45) is 0.694. The standard InChI is InChI=1S/C57H87N21O19S4/c1-26(67-54(94)40-5-3-13-78(40)55(95)34(15-28-18-63-25-66-28)72-52(92)37(22-99)76-53(93)38(23-100)75-47(87)30(68-43(83)17-58)4-2-12-64-57(61)62)45(85)74-36(21-98)46(86)65-19-44(84)69-31(10-11-41(59)81)48(88)71-33(16-42(60)82)50(90)70-32(14-27-6-8-29(80)9-7-27)49(89)73-35(20-79)51(91)77-39(24-101)56(96)97/h6-9,18,25-26,30-40,79-80,98-101H,2-5,10-17,19-24,58H2,1H3,(H2,59,81)(H2,60,82)(H,63,66)(H,65,86)(H,67,94)(H,68,83)(H,69,84)(H,70,90)(H,71,88)(H,72,92)(H,73,89)(H,74,85)(H,75,87)(H,76,93)(H,77,91)(H,96,97)(H4,61,62,64)/t26-,30-,31-,32-,33-,34-,35-,36-,37-,38-,39-,40-/m0/s1. The van der Waals surface area contributed by atoms with E-state index >= 15 is 0 Å². The summed E-state index contributed by atoms with van der Waals surface area (Å²) in [6.45, 7) is -1.06. The Morgan fingerprint density at radius 3 is 1.62 bits per heavy atom. The summed E-state index contributed by atoms with van der Waals surface area (Å²) in [5.41, 5.74) is 27.6. The van der Waals surface area contributed by atoms with Gasteiger partial charge in [0.2, 0.25) is 88.6 Å². The van der Waals surface area contributed by atoms with Crippen molar-refractivity contribution in [3.05, 3.63) is 48.0 Å². The van der Waals surface area contributed by atoms with Crippen molar-refractivity contribution in [2.24, 2.45) is 33.7 Å². The second-order valence-electron chi connectivity index (χ2n) is 22.6. The molecule has 1 aromatic carbocycles. The SMILES string of the molecule is C[C@H](NC(=O)[C@@H]1CCCN1C(=O)[C@H](Cc1cnc[nH]1)NC(=O)[C@H](CS)NC(=O)[C@H](CS)NC(=O)[C@H](CCCN=C(N)N)NC(=O)CN)C(=O)N[C@@H](CS)C(=O)NCC(=O)N[C@@H](CCC(N)=O)C(=O)N[C@@H](CC(N)=O)C(=O)N[C@@H](Cc1ccc(O)cc1)C(=O)N[C@@H](CO)C(=O)N[C@@H](CS)C(=O)O. The highest BCUT2D eigenvalue weighted by molar-refractivity contribution is 7.80. The number of hydrogen-bond donors (Lipinski definition) is 25. The molecule has 0 aliphatic carbocycles. The zero-order valence-electron chi connectivity index (χ0n) is 54.5. The zero-order chi connectivity index (χ0) is 75.6. The van der Waals surface area contributed by atoms with E-state index in [2.05, 4.69) is 129 Å². The first-order valence-electron chi connectivity index (χ1n) is 31.0. The Morgan fingerprint density at radius 2 is 1.09 bits per heavy atom. The Balaban J connectivity index is 1.71. The quantitative estimate of drug-likeness (QED) is 0.0127. The number of benzene rings is 1. The van der Waals surface area contributed by atoms with Gasteiger partial charge in [-0.05, 0) is 56.7 Å². The van der Waals surface area contributed by atoms with E-state index in [1.165, 1.54) is 48.6 Å². The predicted octanol–water partition coefficient (Wildman–Crippen LogP) is -10.7. The highest BCUT2D eigenvalue weighted by Gasteiger charge is 2.41. The Kier molecular flexibility index (Phi) is 37.1. The number of likely N-dealkylation sites (tertiary alicyclic amines) is 1. The van der Waals surface area contributed by atoms with E-state index in [1.807, 2.05) is 0 Å². The number of aromatic amines is 1. The number of aliphatic hydroxyl groups excluding tert-OH is 1. The van der Waals surface area contributed by atoms with E-state index < -0.39 is 218 Å². The molecule has 1 aliphatic heterocycles. The minimum atomic E-state index is -1.93. The smallest absolute Gasteiger partial charge is 0.327 e. The number of thiol groups is 4. The van der Waals surface area contributed by atoms with Gasteiger partial charge in [-0.1, -0.05) is 12.1 Å². The van der Waals surface area contributed by atoms with Crippen molar-refractivity contribution in [1.29, 1.82) is 0 Å². The molecular weight excluding hydrogens is 1410 g/mol. The van der Waals surface area contributed by atoms with E-state index in [0.717, 1.165) is 0 Å². The van der Waals surface area contributed by atoms with Crippen LogP contribution >= 0.6 is 50.5 Å². The fraction of sp³-hybridized carbons (Fsp3) is 0.544. The van der Waals surface area contributed by atoms with Crippen LogP contribution in [0, 0.1) is 0 Å². The van der Waals surface area contributed by atoms with Gasteiger partial charge < -0.3 is 118 Å². The van der Waals surface area contributed by atoms with Gasteiger partial charge in [-0.2, -0.15) is 50.5 Å². The molecule has 0 spiro atoms. The first-order valence-corrected chi connectivity index (χ1v) is 33.6. The lowest BCUT2D eigenvalue weighted by Crippen LogP contribution is -2.61. The molecule has 2 heterocycles. The molecule has 558 valence electrons. The summed E-state index contributed by atoms with van der Waals surface area (Å²) in [5.74, 6) is -18.1. The number of H-pyrrole nitrogens is 1. The monoisotopic (exact) mass is 1500 g/mol. The fourth-order valence-electron chi connectivity index (χ4n) is 9.46. The number of aromatic hydroxyl groups is 1. The number of guanidine groups is 1. The predicted molar refractivity (Wildman–Crippen MR) is 370 cm³/mol. The summed E-state index contributed by atoms with van der Waals surface area (Å²) < 4.78 is 0. The second-order valence-corrected chi connectivity index (χ2v) is 24.1. The lowest BCUT2D eigenvalue weighted by Gasteiger charge is -2.30. The van der Waals surface area contributed by atoms with Crippen LogP contribution in [0.5, 0.6) is 5.75 Å². The molecule has 0 bridgehead atoms. The molecule has 3 rings (SSSR count). The van der Waals surface area contributed by atoms with Gasteiger partial charge in [0, 0.05) is 67.3 Å². The van der Waals surface area contributed by atoms with E-state index in [9.17, 15) is 92.0 Å². The van der Waals surface area contributed by atoms with Gasteiger partial charge in [-0.3, -0.25) is 76.9 Å². The van der Waals surface area contributed by atoms with Crippen LogP contribution in [-0.2, 0) is 89.6 Å². The normalized spacial score (nSPS) is 15.7. The number of phenolic OH excluding ortho intramolecular Hbond substituents is 1. The molecule has 1 aliphatic rings. The number of carbonyl (C=O) groups is 16. The number of aliphatic carboxylic acids is 1. The molecule has 0 radical (unpaired) electrons. The molecule has 0 saturated carbocycles. The number of amides is 15. The topological polar surface area (TPSA) is 653 Å². The largest absolute Gasteiger partial charge is 0.508 e.